The molecule has 3 rings (SSSR count). The number of amides is 2. The highest BCUT2D eigenvalue weighted by Gasteiger charge is 2.34. The SMILES string of the molecule is CCC[C@H](NC(=O)C(C)(C)NC(=O)OCC1c2ccccc2-c2ccccc21)C(=O)O. The van der Waals surface area contributed by atoms with Gasteiger partial charge in [-0.1, -0.05) is 61.9 Å². The third-order valence-corrected chi connectivity index (χ3v) is 5.51. The second-order valence-electron chi connectivity index (χ2n) is 8.23. The number of carboxylic acids is 1. The molecule has 3 N–H and O–H groups in total. The molecular weight excluding hydrogens is 396 g/mol. The molecule has 2 aromatic carbocycles. The molecule has 1 aliphatic carbocycles. The molecule has 2 amide bonds. The average molecular weight is 424 g/mol. The Morgan fingerprint density at radius 1 is 1.03 bits per heavy atom. The zero-order valence-electron chi connectivity index (χ0n) is 18.0. The van der Waals surface area contributed by atoms with Gasteiger partial charge < -0.3 is 20.5 Å². The molecule has 2 aromatic rings. The summed E-state index contributed by atoms with van der Waals surface area (Å²) >= 11 is 0. The van der Waals surface area contributed by atoms with Gasteiger partial charge in [0.2, 0.25) is 5.91 Å². The molecular formula is C24H28N2O5. The molecule has 0 radical (unpaired) electrons. The lowest BCUT2D eigenvalue weighted by Gasteiger charge is -2.27. The fourth-order valence-corrected chi connectivity index (χ4v) is 3.83. The van der Waals surface area contributed by atoms with E-state index in [9.17, 15) is 19.5 Å². The van der Waals surface area contributed by atoms with Crippen molar-refractivity contribution in [2.75, 3.05) is 6.61 Å². The van der Waals surface area contributed by atoms with Crippen LogP contribution < -0.4 is 10.6 Å². The van der Waals surface area contributed by atoms with Gasteiger partial charge in [0.15, 0.2) is 0 Å². The van der Waals surface area contributed by atoms with Gasteiger partial charge in [0.05, 0.1) is 0 Å². The van der Waals surface area contributed by atoms with Crippen molar-refractivity contribution in [3.8, 4) is 11.1 Å². The highest BCUT2D eigenvalue weighted by molar-refractivity contribution is 5.92. The van der Waals surface area contributed by atoms with E-state index in [4.69, 9.17) is 4.74 Å². The Morgan fingerprint density at radius 3 is 2.10 bits per heavy atom. The monoisotopic (exact) mass is 424 g/mol. The first-order chi connectivity index (χ1) is 14.7. The van der Waals surface area contributed by atoms with Crippen molar-refractivity contribution in [3.05, 3.63) is 59.7 Å². The van der Waals surface area contributed by atoms with E-state index in [1.807, 2.05) is 43.3 Å². The van der Waals surface area contributed by atoms with Crippen molar-refractivity contribution in [2.45, 2.75) is 51.1 Å². The van der Waals surface area contributed by atoms with E-state index in [0.717, 1.165) is 22.3 Å². The number of hydrogen-bond donors (Lipinski definition) is 3. The van der Waals surface area contributed by atoms with Crippen LogP contribution in [0.5, 0.6) is 0 Å². The van der Waals surface area contributed by atoms with Crippen molar-refractivity contribution >= 4 is 18.0 Å². The Bertz CT molecular complexity index is 940. The minimum absolute atomic E-state index is 0.0870. The van der Waals surface area contributed by atoms with Crippen molar-refractivity contribution in [1.82, 2.24) is 10.6 Å². The lowest BCUT2D eigenvalue weighted by atomic mass is 9.98. The summed E-state index contributed by atoms with van der Waals surface area (Å²) in [7, 11) is 0. The lowest BCUT2D eigenvalue weighted by molar-refractivity contribution is -0.142. The van der Waals surface area contributed by atoms with Crippen molar-refractivity contribution in [1.29, 1.82) is 0 Å². The number of ether oxygens (including phenoxy) is 1. The molecule has 0 fully saturated rings. The largest absolute Gasteiger partial charge is 0.480 e. The van der Waals surface area contributed by atoms with Gasteiger partial charge in [-0.2, -0.15) is 0 Å². The Balaban J connectivity index is 1.63. The molecule has 0 saturated carbocycles. The molecule has 1 atom stereocenters. The summed E-state index contributed by atoms with van der Waals surface area (Å²) in [5.41, 5.74) is 3.11. The highest BCUT2D eigenvalue weighted by Crippen LogP contribution is 2.44. The maximum absolute atomic E-state index is 12.5. The summed E-state index contributed by atoms with van der Waals surface area (Å²) in [6.07, 6.45) is 0.184. The zero-order chi connectivity index (χ0) is 22.6. The Labute approximate surface area is 181 Å². The maximum Gasteiger partial charge on any atom is 0.408 e. The number of fused-ring (bicyclic) bond motifs is 3. The standard InChI is InChI=1S/C24H28N2O5/c1-4-9-20(21(27)28)25-22(29)24(2,3)26-23(30)31-14-19-17-12-7-5-10-15(17)16-11-6-8-13-18(16)19/h5-8,10-13,19-20H,4,9,14H2,1-3H3,(H,25,29)(H,26,30)(H,27,28)/t20-/m0/s1. The van der Waals surface area contributed by atoms with Crippen molar-refractivity contribution in [2.24, 2.45) is 0 Å². The molecule has 31 heavy (non-hydrogen) atoms. The summed E-state index contributed by atoms with van der Waals surface area (Å²) in [4.78, 5) is 36.3. The van der Waals surface area contributed by atoms with Crippen LogP contribution in [0.4, 0.5) is 4.79 Å². The molecule has 1 aliphatic rings. The lowest BCUT2D eigenvalue weighted by Crippen LogP contribution is -2.57. The van der Waals surface area contributed by atoms with Crippen LogP contribution in [-0.4, -0.2) is 41.3 Å². The van der Waals surface area contributed by atoms with E-state index in [1.165, 1.54) is 13.8 Å². The predicted molar refractivity (Wildman–Crippen MR) is 117 cm³/mol. The van der Waals surface area contributed by atoms with Gasteiger partial charge >= 0.3 is 12.1 Å². The highest BCUT2D eigenvalue weighted by atomic mass is 16.5. The molecule has 0 aliphatic heterocycles. The van der Waals surface area contributed by atoms with Crippen LogP contribution in [0.15, 0.2) is 48.5 Å². The second kappa shape index (κ2) is 9.20. The van der Waals surface area contributed by atoms with Crippen LogP contribution in [0.2, 0.25) is 0 Å². The first-order valence-corrected chi connectivity index (χ1v) is 10.4. The summed E-state index contributed by atoms with van der Waals surface area (Å²) in [6.45, 7) is 4.98. The molecule has 7 nitrogen and oxygen atoms in total. The molecule has 0 heterocycles. The van der Waals surface area contributed by atoms with E-state index in [-0.39, 0.29) is 12.5 Å². The van der Waals surface area contributed by atoms with Crippen molar-refractivity contribution in [3.63, 3.8) is 0 Å². The number of carboxylic acid groups (broad SMARTS) is 1. The molecule has 0 bridgehead atoms. The van der Waals surface area contributed by atoms with Crippen LogP contribution in [-0.2, 0) is 14.3 Å². The second-order valence-corrected chi connectivity index (χ2v) is 8.23. The average Bonchev–Trinajstić information content (AvgIpc) is 3.05. The van der Waals surface area contributed by atoms with Gasteiger partial charge in [0.25, 0.3) is 0 Å². The minimum atomic E-state index is -1.33. The molecule has 164 valence electrons. The molecule has 0 saturated heterocycles. The third-order valence-electron chi connectivity index (χ3n) is 5.51. The van der Waals surface area contributed by atoms with Crippen LogP contribution in [0, 0.1) is 0 Å². The first-order valence-electron chi connectivity index (χ1n) is 10.4. The van der Waals surface area contributed by atoms with Crippen LogP contribution in [0.1, 0.15) is 50.7 Å². The topological polar surface area (TPSA) is 105 Å². The van der Waals surface area contributed by atoms with E-state index < -0.39 is 29.6 Å². The summed E-state index contributed by atoms with van der Waals surface area (Å²) in [5, 5.41) is 14.3. The number of hydrogen-bond acceptors (Lipinski definition) is 4. The fraction of sp³-hybridized carbons (Fsp3) is 0.375. The number of carbonyl (C=O) groups is 3. The van der Waals surface area contributed by atoms with Crippen LogP contribution >= 0.6 is 0 Å². The molecule has 0 aromatic heterocycles. The van der Waals surface area contributed by atoms with E-state index in [0.29, 0.717) is 12.8 Å². The van der Waals surface area contributed by atoms with Gasteiger partial charge in [0.1, 0.15) is 18.2 Å². The zero-order valence-corrected chi connectivity index (χ0v) is 18.0. The first kappa shape index (κ1) is 22.3. The van der Waals surface area contributed by atoms with Crippen LogP contribution in [0.3, 0.4) is 0 Å². The number of nitrogens with one attached hydrogen (secondary N) is 2. The Hall–Kier alpha value is -3.35. The van der Waals surface area contributed by atoms with Gasteiger partial charge in [-0.25, -0.2) is 9.59 Å². The molecule has 0 unspecified atom stereocenters. The molecule has 0 spiro atoms. The predicted octanol–water partition coefficient (Wildman–Crippen LogP) is 3.67. The maximum atomic E-state index is 12.5. The summed E-state index contributed by atoms with van der Waals surface area (Å²) in [6, 6.07) is 15.0. The van der Waals surface area contributed by atoms with Gasteiger partial charge in [-0.05, 0) is 42.5 Å². The number of carbonyl (C=O) groups excluding carboxylic acids is 2. The third kappa shape index (κ3) is 4.87. The van der Waals surface area contributed by atoms with Gasteiger partial charge in [-0.15, -0.1) is 0 Å². The van der Waals surface area contributed by atoms with Crippen molar-refractivity contribution < 1.29 is 24.2 Å². The summed E-state index contributed by atoms with van der Waals surface area (Å²) in [5.74, 6) is -1.77. The Morgan fingerprint density at radius 2 is 1.58 bits per heavy atom. The molecule has 7 heteroatoms. The smallest absolute Gasteiger partial charge is 0.408 e. The number of alkyl carbamates (subject to hydrolysis) is 1. The minimum Gasteiger partial charge on any atom is -0.480 e. The van der Waals surface area contributed by atoms with E-state index >= 15 is 0 Å². The van der Waals surface area contributed by atoms with Gasteiger partial charge in [0, 0.05) is 5.92 Å². The Kier molecular flexibility index (Phi) is 6.63. The van der Waals surface area contributed by atoms with Gasteiger partial charge in [-0.3, -0.25) is 4.79 Å². The van der Waals surface area contributed by atoms with E-state index in [2.05, 4.69) is 22.8 Å². The fourth-order valence-electron chi connectivity index (χ4n) is 3.83. The normalized spacial score (nSPS) is 13.6. The number of aliphatic carboxylic acids is 1. The van der Waals surface area contributed by atoms with Crippen LogP contribution in [0.25, 0.3) is 11.1 Å². The summed E-state index contributed by atoms with van der Waals surface area (Å²) < 4.78 is 5.48. The van der Waals surface area contributed by atoms with E-state index in [1.54, 1.807) is 0 Å². The number of benzene rings is 2. The quantitative estimate of drug-likeness (QED) is 0.600. The number of rotatable bonds is 8.